The van der Waals surface area contributed by atoms with E-state index in [4.69, 9.17) is 0 Å². The fourth-order valence-electron chi connectivity index (χ4n) is 2.29. The van der Waals surface area contributed by atoms with Crippen molar-refractivity contribution in [3.8, 4) is 0 Å². The van der Waals surface area contributed by atoms with E-state index in [2.05, 4.69) is 25.7 Å². The summed E-state index contributed by atoms with van der Waals surface area (Å²) >= 11 is 0. The monoisotopic (exact) mass is 217 g/mol. The van der Waals surface area contributed by atoms with Gasteiger partial charge >= 0.3 is 0 Å². The van der Waals surface area contributed by atoms with Crippen LogP contribution in [0, 0.1) is 5.92 Å². The fourth-order valence-corrected chi connectivity index (χ4v) is 2.29. The van der Waals surface area contributed by atoms with Crippen molar-refractivity contribution in [2.24, 2.45) is 5.92 Å². The third kappa shape index (κ3) is 3.42. The molecule has 0 aliphatic carbocycles. The van der Waals surface area contributed by atoms with Crippen LogP contribution in [0.4, 0.5) is 4.39 Å². The molecule has 2 atom stereocenters. The zero-order chi connectivity index (χ0) is 11.6. The number of rotatable bonds is 2. The Labute approximate surface area is 92.5 Å². The third-order valence-corrected chi connectivity index (χ3v) is 3.44. The van der Waals surface area contributed by atoms with Crippen LogP contribution >= 0.6 is 0 Å². The summed E-state index contributed by atoms with van der Waals surface area (Å²) in [5, 5.41) is 9.65. The lowest BCUT2D eigenvalue weighted by molar-refractivity contribution is -0.00646. The van der Waals surface area contributed by atoms with Gasteiger partial charge in [0.1, 0.15) is 6.17 Å². The van der Waals surface area contributed by atoms with E-state index in [1.807, 2.05) is 0 Å². The van der Waals surface area contributed by atoms with Crippen LogP contribution in [0.25, 0.3) is 0 Å². The van der Waals surface area contributed by atoms with Gasteiger partial charge in [-0.25, -0.2) is 4.39 Å². The first-order valence-corrected chi connectivity index (χ1v) is 5.89. The van der Waals surface area contributed by atoms with Crippen molar-refractivity contribution < 1.29 is 9.50 Å². The number of likely N-dealkylation sites (tertiary alicyclic amines) is 1. The molecule has 15 heavy (non-hydrogen) atoms. The highest BCUT2D eigenvalue weighted by Crippen LogP contribution is 2.27. The number of halogens is 1. The molecule has 90 valence electrons. The van der Waals surface area contributed by atoms with Gasteiger partial charge in [-0.2, -0.15) is 0 Å². The Kier molecular flexibility index (Phi) is 4.13. The van der Waals surface area contributed by atoms with Gasteiger partial charge in [-0.3, -0.25) is 4.90 Å². The van der Waals surface area contributed by atoms with E-state index in [0.29, 0.717) is 0 Å². The molecule has 2 unspecified atom stereocenters. The summed E-state index contributed by atoms with van der Waals surface area (Å²) in [4.78, 5) is 2.40. The third-order valence-electron chi connectivity index (χ3n) is 3.44. The van der Waals surface area contributed by atoms with Gasteiger partial charge in [-0.15, -0.1) is 0 Å². The lowest BCUT2D eigenvalue weighted by atomic mass is 9.87. The van der Waals surface area contributed by atoms with Crippen molar-refractivity contribution in [1.29, 1.82) is 0 Å². The molecule has 1 N–H and O–H groups in total. The summed E-state index contributed by atoms with van der Waals surface area (Å²) in [7, 11) is 0. The lowest BCUT2D eigenvalue weighted by Gasteiger charge is -2.42. The van der Waals surface area contributed by atoms with Crippen molar-refractivity contribution in [3.63, 3.8) is 0 Å². The molecule has 0 spiro atoms. The highest BCUT2D eigenvalue weighted by atomic mass is 19.1. The van der Waals surface area contributed by atoms with Crippen molar-refractivity contribution >= 4 is 0 Å². The minimum atomic E-state index is -1.10. The maximum Gasteiger partial charge on any atom is 0.123 e. The van der Waals surface area contributed by atoms with Crippen LogP contribution in [-0.4, -0.2) is 40.9 Å². The van der Waals surface area contributed by atoms with Crippen molar-refractivity contribution in [3.05, 3.63) is 0 Å². The molecule has 3 heteroatoms. The summed E-state index contributed by atoms with van der Waals surface area (Å²) in [6.07, 6.45) is -0.0531. The quantitative estimate of drug-likeness (QED) is 0.766. The van der Waals surface area contributed by atoms with E-state index in [9.17, 15) is 9.50 Å². The minimum Gasteiger partial charge on any atom is -0.390 e. The molecule has 1 rings (SSSR count). The van der Waals surface area contributed by atoms with Crippen LogP contribution in [0.5, 0.6) is 0 Å². The molecule has 1 saturated heterocycles. The molecule has 0 aromatic heterocycles. The molecule has 1 heterocycles. The number of hydrogen-bond donors (Lipinski definition) is 1. The lowest BCUT2D eigenvalue weighted by Crippen LogP contribution is -2.48. The molecular formula is C12H24FNO. The second kappa shape index (κ2) is 4.79. The zero-order valence-electron chi connectivity index (χ0n) is 10.3. The average Bonchev–Trinajstić information content (AvgIpc) is 2.15. The van der Waals surface area contributed by atoms with Gasteiger partial charge in [-0.05, 0) is 59.5 Å². The molecule has 0 bridgehead atoms. The largest absolute Gasteiger partial charge is 0.390 e. The van der Waals surface area contributed by atoms with Crippen LogP contribution < -0.4 is 0 Å². The van der Waals surface area contributed by atoms with Gasteiger partial charge in [0.2, 0.25) is 0 Å². The number of hydrogen-bond acceptors (Lipinski definition) is 2. The second-order valence-corrected chi connectivity index (χ2v) is 5.66. The predicted molar refractivity (Wildman–Crippen MR) is 60.6 cm³/mol. The Balaban J connectivity index is 2.42. The van der Waals surface area contributed by atoms with E-state index in [1.165, 1.54) is 6.92 Å². The molecule has 0 aromatic rings. The van der Waals surface area contributed by atoms with Crippen LogP contribution in [0.2, 0.25) is 0 Å². The molecule has 0 amide bonds. The molecular weight excluding hydrogens is 193 g/mol. The Morgan fingerprint density at radius 3 is 2.07 bits per heavy atom. The number of piperidine rings is 1. The first-order valence-electron chi connectivity index (χ1n) is 5.89. The van der Waals surface area contributed by atoms with Gasteiger partial charge in [0, 0.05) is 5.54 Å². The summed E-state index contributed by atoms with van der Waals surface area (Å²) in [6, 6.07) is 0. The molecule has 1 fully saturated rings. The van der Waals surface area contributed by atoms with Gasteiger partial charge in [0.25, 0.3) is 0 Å². The highest BCUT2D eigenvalue weighted by molar-refractivity contribution is 4.85. The van der Waals surface area contributed by atoms with E-state index in [0.717, 1.165) is 25.9 Å². The van der Waals surface area contributed by atoms with Gasteiger partial charge in [-0.1, -0.05) is 0 Å². The summed E-state index contributed by atoms with van der Waals surface area (Å²) in [5.74, 6) is 0.142. The Morgan fingerprint density at radius 2 is 1.73 bits per heavy atom. The van der Waals surface area contributed by atoms with E-state index in [1.54, 1.807) is 0 Å². The van der Waals surface area contributed by atoms with Crippen molar-refractivity contribution in [2.75, 3.05) is 13.1 Å². The van der Waals surface area contributed by atoms with Gasteiger partial charge in [0.15, 0.2) is 0 Å². The molecule has 0 radical (unpaired) electrons. The van der Waals surface area contributed by atoms with Crippen molar-refractivity contribution in [2.45, 2.75) is 58.4 Å². The van der Waals surface area contributed by atoms with Crippen LogP contribution in [0.1, 0.15) is 40.5 Å². The Morgan fingerprint density at radius 1 is 1.27 bits per heavy atom. The molecule has 0 aromatic carbocycles. The smallest absolute Gasteiger partial charge is 0.123 e. The van der Waals surface area contributed by atoms with Crippen molar-refractivity contribution in [1.82, 2.24) is 4.90 Å². The van der Waals surface area contributed by atoms with Crippen LogP contribution in [0.15, 0.2) is 0 Å². The summed E-state index contributed by atoms with van der Waals surface area (Å²) in [6.45, 7) is 9.97. The number of aliphatic hydroxyl groups is 1. The van der Waals surface area contributed by atoms with E-state index < -0.39 is 12.3 Å². The van der Waals surface area contributed by atoms with E-state index >= 15 is 0 Å². The topological polar surface area (TPSA) is 23.5 Å². The van der Waals surface area contributed by atoms with Gasteiger partial charge < -0.3 is 5.11 Å². The van der Waals surface area contributed by atoms with E-state index in [-0.39, 0.29) is 11.5 Å². The fraction of sp³-hybridized carbons (Fsp3) is 1.00. The minimum absolute atomic E-state index is 0.142. The number of aliphatic hydroxyl groups excluding tert-OH is 1. The molecule has 2 nitrogen and oxygen atoms in total. The number of nitrogens with zero attached hydrogens (tertiary/aromatic N) is 1. The molecule has 1 aliphatic heterocycles. The standard InChI is InChI=1S/C12H24FNO/c1-9(13)11(15)10-5-7-14(8-6-10)12(2,3)4/h9-11,15H,5-8H2,1-4H3. The van der Waals surface area contributed by atoms with Gasteiger partial charge in [0.05, 0.1) is 6.10 Å². The SMILES string of the molecule is CC(F)C(O)C1CCN(C(C)(C)C)CC1. The Hall–Kier alpha value is -0.150. The first-order chi connectivity index (χ1) is 6.82. The summed E-state index contributed by atoms with van der Waals surface area (Å²) < 4.78 is 12.9. The van der Waals surface area contributed by atoms with Crippen LogP contribution in [0.3, 0.4) is 0 Å². The summed E-state index contributed by atoms with van der Waals surface area (Å²) in [5.41, 5.74) is 0.192. The predicted octanol–water partition coefficient (Wildman–Crippen LogP) is 2.22. The van der Waals surface area contributed by atoms with Crippen LogP contribution in [-0.2, 0) is 0 Å². The first kappa shape index (κ1) is 12.9. The Bertz CT molecular complexity index is 192. The molecule has 0 saturated carbocycles. The maximum absolute atomic E-state index is 12.9. The number of alkyl halides is 1. The second-order valence-electron chi connectivity index (χ2n) is 5.66. The molecule has 1 aliphatic rings. The average molecular weight is 217 g/mol. The normalized spacial score (nSPS) is 25.2. The zero-order valence-corrected chi connectivity index (χ0v) is 10.3. The highest BCUT2D eigenvalue weighted by Gasteiger charge is 2.32. The maximum atomic E-state index is 12.9.